The molecule has 2 rings (SSSR count). The predicted molar refractivity (Wildman–Crippen MR) is 113 cm³/mol. The topological polar surface area (TPSA) is 45.7 Å². The van der Waals surface area contributed by atoms with Crippen molar-refractivity contribution in [2.75, 3.05) is 32.8 Å². The van der Waals surface area contributed by atoms with Crippen LogP contribution in [-0.4, -0.2) is 38.8 Å². The highest BCUT2D eigenvalue weighted by Gasteiger charge is 2.33. The molecule has 7 heteroatoms. The molecule has 0 bridgehead atoms. The van der Waals surface area contributed by atoms with Crippen LogP contribution in [0.5, 0.6) is 0 Å². The second-order valence-electron chi connectivity index (χ2n) is 6.26. The van der Waals surface area contributed by atoms with Crippen LogP contribution in [0, 0.1) is 5.41 Å². The zero-order valence-corrected chi connectivity index (χ0v) is 18.0. The number of hydrogen-bond donors (Lipinski definition) is 2. The van der Waals surface area contributed by atoms with Gasteiger partial charge in [-0.3, -0.25) is 4.99 Å². The molecule has 136 valence electrons. The molecule has 1 aliphatic heterocycles. The first kappa shape index (κ1) is 21.8. The fourth-order valence-corrected chi connectivity index (χ4v) is 2.87. The summed E-state index contributed by atoms with van der Waals surface area (Å²) in [7, 11) is 0. The molecule has 2 N–H and O–H groups in total. The number of rotatable bonds is 7. The maximum absolute atomic E-state index is 6.19. The van der Waals surface area contributed by atoms with Gasteiger partial charge >= 0.3 is 0 Å². The summed E-state index contributed by atoms with van der Waals surface area (Å²) in [5, 5.41) is 8.05. The first-order valence-electron chi connectivity index (χ1n) is 8.06. The lowest BCUT2D eigenvalue weighted by Crippen LogP contribution is -2.44. The van der Waals surface area contributed by atoms with Gasteiger partial charge in [0.25, 0.3) is 0 Å². The van der Waals surface area contributed by atoms with Crippen LogP contribution in [0.2, 0.25) is 10.0 Å². The van der Waals surface area contributed by atoms with Crippen LogP contribution >= 0.6 is 47.2 Å². The molecule has 0 radical (unpaired) electrons. The highest BCUT2D eigenvalue weighted by Crippen LogP contribution is 2.26. The maximum Gasteiger partial charge on any atom is 0.191 e. The van der Waals surface area contributed by atoms with E-state index in [-0.39, 0.29) is 29.4 Å². The van der Waals surface area contributed by atoms with E-state index < -0.39 is 0 Å². The molecule has 0 aliphatic carbocycles. The molecular weight excluding hydrogens is 460 g/mol. The van der Waals surface area contributed by atoms with Crippen molar-refractivity contribution in [3.63, 3.8) is 0 Å². The van der Waals surface area contributed by atoms with E-state index in [1.54, 1.807) is 6.07 Å². The summed E-state index contributed by atoms with van der Waals surface area (Å²) in [4.78, 5) is 4.65. The number of nitrogens with one attached hydrogen (secondary N) is 2. The molecule has 1 fully saturated rings. The highest BCUT2D eigenvalue weighted by atomic mass is 127. The molecule has 1 aromatic rings. The number of nitrogens with zero attached hydrogens (tertiary/aromatic N) is 1. The van der Waals surface area contributed by atoms with Gasteiger partial charge in [-0.2, -0.15) is 0 Å². The SMILES string of the molecule is CCNC(=NCC1(C)COC1)NCCCc1ccc(Cl)cc1Cl.I. The Bertz CT molecular complexity index is 551. The Morgan fingerprint density at radius 1 is 1.29 bits per heavy atom. The van der Waals surface area contributed by atoms with Crippen molar-refractivity contribution < 1.29 is 4.74 Å². The van der Waals surface area contributed by atoms with Gasteiger partial charge in [-0.05, 0) is 37.5 Å². The summed E-state index contributed by atoms with van der Waals surface area (Å²) < 4.78 is 5.27. The fourth-order valence-electron chi connectivity index (χ4n) is 2.36. The smallest absolute Gasteiger partial charge is 0.191 e. The Morgan fingerprint density at radius 3 is 2.62 bits per heavy atom. The van der Waals surface area contributed by atoms with E-state index in [1.165, 1.54) is 0 Å². The molecule has 1 saturated heterocycles. The monoisotopic (exact) mass is 485 g/mol. The number of halogens is 3. The third kappa shape index (κ3) is 6.94. The lowest BCUT2D eigenvalue weighted by Gasteiger charge is -2.36. The number of ether oxygens (including phenoxy) is 1. The summed E-state index contributed by atoms with van der Waals surface area (Å²) >= 11 is 12.1. The molecule has 0 atom stereocenters. The van der Waals surface area contributed by atoms with Crippen LogP contribution in [0.3, 0.4) is 0 Å². The van der Waals surface area contributed by atoms with E-state index in [2.05, 4.69) is 29.5 Å². The van der Waals surface area contributed by atoms with Crippen LogP contribution in [0.4, 0.5) is 0 Å². The number of aryl methyl sites for hydroxylation is 1. The molecule has 0 saturated carbocycles. The van der Waals surface area contributed by atoms with Gasteiger partial charge < -0.3 is 15.4 Å². The quantitative estimate of drug-likeness (QED) is 0.264. The third-order valence-electron chi connectivity index (χ3n) is 3.79. The molecule has 0 amide bonds. The van der Waals surface area contributed by atoms with Crippen molar-refractivity contribution in [2.45, 2.75) is 26.7 Å². The number of guanidine groups is 1. The minimum atomic E-state index is 0. The number of hydrogen-bond acceptors (Lipinski definition) is 2. The van der Waals surface area contributed by atoms with E-state index >= 15 is 0 Å². The molecular formula is C17H26Cl2IN3O. The van der Waals surface area contributed by atoms with Crippen molar-refractivity contribution in [2.24, 2.45) is 10.4 Å². The van der Waals surface area contributed by atoms with Crippen LogP contribution in [0.25, 0.3) is 0 Å². The minimum absolute atomic E-state index is 0. The standard InChI is InChI=1S/C17H25Cl2N3O.HI/c1-3-20-16(22-10-17(2)11-23-12-17)21-8-4-5-13-6-7-14(18)9-15(13)19;/h6-7,9H,3-5,8,10-12H2,1-2H3,(H2,20,21,22);1H. The summed E-state index contributed by atoms with van der Waals surface area (Å²) in [6, 6.07) is 5.66. The second-order valence-corrected chi connectivity index (χ2v) is 7.11. The second kappa shape index (κ2) is 10.7. The first-order chi connectivity index (χ1) is 11.0. The molecule has 1 aliphatic rings. The average molecular weight is 486 g/mol. The first-order valence-corrected chi connectivity index (χ1v) is 8.82. The van der Waals surface area contributed by atoms with Crippen molar-refractivity contribution in [1.82, 2.24) is 10.6 Å². The van der Waals surface area contributed by atoms with Crippen LogP contribution in [-0.2, 0) is 11.2 Å². The predicted octanol–water partition coefficient (Wildman–Crippen LogP) is 4.14. The van der Waals surface area contributed by atoms with Crippen molar-refractivity contribution in [3.8, 4) is 0 Å². The fraction of sp³-hybridized carbons (Fsp3) is 0.588. The normalized spacial score (nSPS) is 16.1. The molecule has 1 aromatic carbocycles. The van der Waals surface area contributed by atoms with Gasteiger partial charge in [0, 0.05) is 28.5 Å². The molecule has 0 spiro atoms. The van der Waals surface area contributed by atoms with Gasteiger partial charge in [0.05, 0.1) is 19.8 Å². The Kier molecular flexibility index (Phi) is 9.71. The number of benzene rings is 1. The van der Waals surface area contributed by atoms with Gasteiger partial charge in [0.2, 0.25) is 0 Å². The van der Waals surface area contributed by atoms with E-state index in [0.29, 0.717) is 5.02 Å². The summed E-state index contributed by atoms with van der Waals surface area (Å²) in [6.07, 6.45) is 1.89. The molecule has 24 heavy (non-hydrogen) atoms. The summed E-state index contributed by atoms with van der Waals surface area (Å²) in [5.41, 5.74) is 1.32. The van der Waals surface area contributed by atoms with Gasteiger partial charge in [-0.15, -0.1) is 24.0 Å². The maximum atomic E-state index is 6.19. The van der Waals surface area contributed by atoms with Crippen molar-refractivity contribution >= 4 is 53.1 Å². The van der Waals surface area contributed by atoms with Gasteiger partial charge in [-0.25, -0.2) is 0 Å². The number of aliphatic imine (C=N–C) groups is 1. The van der Waals surface area contributed by atoms with Crippen LogP contribution in [0.1, 0.15) is 25.8 Å². The summed E-state index contributed by atoms with van der Waals surface area (Å²) in [5.74, 6) is 0.864. The lowest BCUT2D eigenvalue weighted by atomic mass is 9.89. The summed E-state index contributed by atoms with van der Waals surface area (Å²) in [6.45, 7) is 8.34. The van der Waals surface area contributed by atoms with Gasteiger partial charge in [0.1, 0.15) is 0 Å². The van der Waals surface area contributed by atoms with E-state index in [1.807, 2.05) is 12.1 Å². The van der Waals surface area contributed by atoms with Crippen LogP contribution in [0.15, 0.2) is 23.2 Å². The largest absolute Gasteiger partial charge is 0.380 e. The van der Waals surface area contributed by atoms with Crippen molar-refractivity contribution in [1.29, 1.82) is 0 Å². The van der Waals surface area contributed by atoms with Crippen LogP contribution < -0.4 is 10.6 Å². The molecule has 0 unspecified atom stereocenters. The molecule has 1 heterocycles. The highest BCUT2D eigenvalue weighted by molar-refractivity contribution is 14.0. The van der Waals surface area contributed by atoms with Crippen molar-refractivity contribution in [3.05, 3.63) is 33.8 Å². The van der Waals surface area contributed by atoms with E-state index in [9.17, 15) is 0 Å². The molecule has 0 aromatic heterocycles. The minimum Gasteiger partial charge on any atom is -0.380 e. The zero-order chi connectivity index (χ0) is 16.7. The Balaban J connectivity index is 0.00000288. The van der Waals surface area contributed by atoms with Gasteiger partial charge in [0.15, 0.2) is 5.96 Å². The Hall–Kier alpha value is -0.240. The Labute approximate surface area is 171 Å². The molecule has 4 nitrogen and oxygen atoms in total. The zero-order valence-electron chi connectivity index (χ0n) is 14.2. The third-order valence-corrected chi connectivity index (χ3v) is 4.38. The lowest BCUT2D eigenvalue weighted by molar-refractivity contribution is -0.0945. The van der Waals surface area contributed by atoms with E-state index in [0.717, 1.165) is 62.2 Å². The van der Waals surface area contributed by atoms with E-state index in [4.69, 9.17) is 27.9 Å². The Morgan fingerprint density at radius 2 is 2.04 bits per heavy atom. The average Bonchev–Trinajstić information content (AvgIpc) is 2.48. The van der Waals surface area contributed by atoms with Gasteiger partial charge in [-0.1, -0.05) is 36.2 Å².